The van der Waals surface area contributed by atoms with E-state index in [4.69, 9.17) is 9.47 Å². The van der Waals surface area contributed by atoms with E-state index in [2.05, 4.69) is 30.9 Å². The molecule has 7 heteroatoms. The van der Waals surface area contributed by atoms with Crippen LogP contribution in [-0.4, -0.2) is 34.5 Å². The number of esters is 1. The first-order valence-corrected chi connectivity index (χ1v) is 9.59. The fourth-order valence-electron chi connectivity index (χ4n) is 2.74. The summed E-state index contributed by atoms with van der Waals surface area (Å²) in [6.07, 6.45) is 1.80. The number of aromatic nitrogens is 3. The van der Waals surface area contributed by atoms with E-state index in [-0.39, 0.29) is 5.54 Å². The van der Waals surface area contributed by atoms with Crippen molar-refractivity contribution < 1.29 is 14.3 Å². The molecule has 0 unspecified atom stereocenters. The van der Waals surface area contributed by atoms with Gasteiger partial charge in [0.05, 0.1) is 36.7 Å². The lowest BCUT2D eigenvalue weighted by Crippen LogP contribution is -2.24. The van der Waals surface area contributed by atoms with E-state index in [9.17, 15) is 4.79 Å². The molecule has 0 aliphatic heterocycles. The number of hydrogen-bond acceptors (Lipinski definition) is 6. The van der Waals surface area contributed by atoms with Crippen molar-refractivity contribution in [1.82, 2.24) is 14.8 Å². The Kier molecular flexibility index (Phi) is 5.32. The zero-order valence-electron chi connectivity index (χ0n) is 16.1. The summed E-state index contributed by atoms with van der Waals surface area (Å²) in [4.78, 5) is 16.4. The van der Waals surface area contributed by atoms with Gasteiger partial charge < -0.3 is 9.47 Å². The number of ether oxygens (including phenoxy) is 2. The topological polar surface area (TPSA) is 66.2 Å². The Morgan fingerprint density at radius 3 is 2.52 bits per heavy atom. The van der Waals surface area contributed by atoms with Crippen molar-refractivity contribution in [3.8, 4) is 27.6 Å². The Morgan fingerprint density at radius 2 is 1.93 bits per heavy atom. The number of thiazole rings is 1. The van der Waals surface area contributed by atoms with E-state index in [0.717, 1.165) is 27.6 Å². The van der Waals surface area contributed by atoms with Gasteiger partial charge in [-0.05, 0) is 52.0 Å². The van der Waals surface area contributed by atoms with Crippen molar-refractivity contribution in [1.29, 1.82) is 0 Å². The minimum atomic E-state index is -0.408. The molecule has 3 aromatic rings. The molecule has 0 radical (unpaired) electrons. The maximum absolute atomic E-state index is 12.0. The van der Waals surface area contributed by atoms with Crippen LogP contribution in [0, 0.1) is 0 Å². The molecule has 1 aromatic carbocycles. The molecule has 0 saturated carbocycles. The summed E-state index contributed by atoms with van der Waals surface area (Å²) in [5, 5.41) is 7.07. The molecule has 0 fully saturated rings. The Bertz CT molecular complexity index is 936. The molecule has 0 bridgehead atoms. The van der Waals surface area contributed by atoms with Gasteiger partial charge in [-0.1, -0.05) is 0 Å². The highest BCUT2D eigenvalue weighted by Gasteiger charge is 2.25. The summed E-state index contributed by atoms with van der Waals surface area (Å²) in [5.41, 5.74) is 2.95. The van der Waals surface area contributed by atoms with Gasteiger partial charge in [0.15, 0.2) is 5.69 Å². The maximum Gasteiger partial charge on any atom is 0.357 e. The fraction of sp³-hybridized carbons (Fsp3) is 0.350. The van der Waals surface area contributed by atoms with Crippen LogP contribution in [0.1, 0.15) is 38.2 Å². The average Bonchev–Trinajstić information content (AvgIpc) is 3.28. The van der Waals surface area contributed by atoms with Crippen LogP contribution >= 0.6 is 11.3 Å². The predicted octanol–water partition coefficient (Wildman–Crippen LogP) is 4.61. The quantitative estimate of drug-likeness (QED) is 0.600. The highest BCUT2D eigenvalue weighted by molar-refractivity contribution is 7.13. The summed E-state index contributed by atoms with van der Waals surface area (Å²) in [6.45, 7) is 8.40. The van der Waals surface area contributed by atoms with Crippen molar-refractivity contribution in [3.63, 3.8) is 0 Å². The number of methoxy groups -OCH3 is 1. The average molecular weight is 385 g/mol. The number of nitrogens with zero attached hydrogens (tertiary/aromatic N) is 3. The molecule has 0 aliphatic carbocycles. The number of rotatable bonds is 5. The van der Waals surface area contributed by atoms with E-state index in [1.807, 2.05) is 28.9 Å². The van der Waals surface area contributed by atoms with Gasteiger partial charge in [0.2, 0.25) is 0 Å². The molecule has 0 atom stereocenters. The van der Waals surface area contributed by atoms with E-state index < -0.39 is 5.97 Å². The highest BCUT2D eigenvalue weighted by atomic mass is 32.1. The summed E-state index contributed by atoms with van der Waals surface area (Å²) in [6, 6.07) is 7.85. The Morgan fingerprint density at radius 1 is 1.22 bits per heavy atom. The van der Waals surface area contributed by atoms with Crippen LogP contribution in [0.5, 0.6) is 5.75 Å². The molecular weight excluding hydrogens is 362 g/mol. The van der Waals surface area contributed by atoms with Crippen LogP contribution in [0.2, 0.25) is 0 Å². The molecule has 0 saturated heterocycles. The first kappa shape index (κ1) is 19.1. The molecule has 142 valence electrons. The Hall–Kier alpha value is -2.67. The van der Waals surface area contributed by atoms with E-state index in [0.29, 0.717) is 12.3 Å². The lowest BCUT2D eigenvalue weighted by atomic mass is 10.0. The van der Waals surface area contributed by atoms with Crippen LogP contribution in [0.15, 0.2) is 35.8 Å². The van der Waals surface area contributed by atoms with Gasteiger partial charge >= 0.3 is 5.97 Å². The number of hydrogen-bond donors (Lipinski definition) is 0. The van der Waals surface area contributed by atoms with E-state index >= 15 is 0 Å². The Labute approximate surface area is 162 Å². The van der Waals surface area contributed by atoms with Gasteiger partial charge in [-0.3, -0.25) is 4.68 Å². The molecule has 2 heterocycles. The smallest absolute Gasteiger partial charge is 0.357 e. The third kappa shape index (κ3) is 3.88. The van der Waals surface area contributed by atoms with Crippen molar-refractivity contribution >= 4 is 17.3 Å². The number of carbonyl (C=O) groups is 1. The zero-order valence-corrected chi connectivity index (χ0v) is 17.0. The number of benzene rings is 1. The van der Waals surface area contributed by atoms with Gasteiger partial charge in [-0.2, -0.15) is 5.10 Å². The molecule has 27 heavy (non-hydrogen) atoms. The van der Waals surface area contributed by atoms with Gasteiger partial charge in [-0.15, -0.1) is 11.3 Å². The standard InChI is InChI=1S/C20H23N3O3S/c1-6-26-19(24)16-12-27-18(22-16)15-11-21-23(20(2,3)4)17(15)13-7-9-14(25-5)10-8-13/h7-12H,6H2,1-5H3. The second-order valence-corrected chi connectivity index (χ2v) is 7.83. The highest BCUT2D eigenvalue weighted by Crippen LogP contribution is 2.37. The molecule has 0 spiro atoms. The molecule has 6 nitrogen and oxygen atoms in total. The molecule has 0 amide bonds. The summed E-state index contributed by atoms with van der Waals surface area (Å²) >= 11 is 1.41. The summed E-state index contributed by atoms with van der Waals surface area (Å²) in [7, 11) is 1.65. The third-order valence-corrected chi connectivity index (χ3v) is 4.86. The van der Waals surface area contributed by atoms with Crippen LogP contribution < -0.4 is 4.74 Å². The zero-order chi connectivity index (χ0) is 19.6. The second-order valence-electron chi connectivity index (χ2n) is 6.98. The normalized spacial score (nSPS) is 11.4. The molecular formula is C20H23N3O3S. The monoisotopic (exact) mass is 385 g/mol. The predicted molar refractivity (Wildman–Crippen MR) is 106 cm³/mol. The lowest BCUT2D eigenvalue weighted by molar-refractivity contribution is 0.0520. The first-order valence-electron chi connectivity index (χ1n) is 8.71. The van der Waals surface area contributed by atoms with Crippen LogP contribution in [0.3, 0.4) is 0 Å². The minimum Gasteiger partial charge on any atom is -0.497 e. The second kappa shape index (κ2) is 7.52. The fourth-order valence-corrected chi connectivity index (χ4v) is 3.54. The maximum atomic E-state index is 12.0. The molecule has 0 N–H and O–H groups in total. The largest absolute Gasteiger partial charge is 0.497 e. The van der Waals surface area contributed by atoms with Crippen LogP contribution in [0.25, 0.3) is 21.8 Å². The number of carbonyl (C=O) groups excluding carboxylic acids is 1. The van der Waals surface area contributed by atoms with Crippen LogP contribution in [0.4, 0.5) is 0 Å². The molecule has 3 rings (SSSR count). The first-order chi connectivity index (χ1) is 12.8. The van der Waals surface area contributed by atoms with Gasteiger partial charge in [0.1, 0.15) is 10.8 Å². The molecule has 0 aliphatic rings. The minimum absolute atomic E-state index is 0.214. The van der Waals surface area contributed by atoms with Crippen molar-refractivity contribution in [3.05, 3.63) is 41.5 Å². The van der Waals surface area contributed by atoms with Gasteiger partial charge in [-0.25, -0.2) is 9.78 Å². The van der Waals surface area contributed by atoms with Gasteiger partial charge in [0, 0.05) is 10.9 Å². The molecule has 2 aromatic heterocycles. The van der Waals surface area contributed by atoms with Gasteiger partial charge in [0.25, 0.3) is 0 Å². The van der Waals surface area contributed by atoms with Crippen molar-refractivity contribution in [2.24, 2.45) is 0 Å². The van der Waals surface area contributed by atoms with Crippen LogP contribution in [-0.2, 0) is 10.3 Å². The SMILES string of the molecule is CCOC(=O)c1csc(-c2cnn(C(C)(C)C)c2-c2ccc(OC)cc2)n1. The van der Waals surface area contributed by atoms with Crippen molar-refractivity contribution in [2.75, 3.05) is 13.7 Å². The van der Waals surface area contributed by atoms with E-state index in [1.54, 1.807) is 25.6 Å². The summed E-state index contributed by atoms with van der Waals surface area (Å²) in [5.74, 6) is 0.384. The van der Waals surface area contributed by atoms with Crippen molar-refractivity contribution in [2.45, 2.75) is 33.2 Å². The lowest BCUT2D eigenvalue weighted by Gasteiger charge is -2.23. The Balaban J connectivity index is 2.11. The van der Waals surface area contributed by atoms with E-state index in [1.165, 1.54) is 11.3 Å². The third-order valence-electron chi connectivity index (χ3n) is 3.99. The summed E-state index contributed by atoms with van der Waals surface area (Å²) < 4.78 is 12.3.